The van der Waals surface area contributed by atoms with Crippen molar-refractivity contribution >= 4 is 37.3 Å². The molecule has 0 radical (unpaired) electrons. The highest BCUT2D eigenvalue weighted by Crippen LogP contribution is 2.24. The predicted molar refractivity (Wildman–Crippen MR) is 114 cm³/mol. The van der Waals surface area contributed by atoms with Crippen LogP contribution in [0.25, 0.3) is 10.2 Å². The second-order valence-corrected chi connectivity index (χ2v) is 9.75. The van der Waals surface area contributed by atoms with Crippen molar-refractivity contribution < 1.29 is 13.2 Å². The molecule has 146 valence electrons. The van der Waals surface area contributed by atoms with Crippen LogP contribution >= 0.6 is 11.3 Å². The second kappa shape index (κ2) is 7.85. The third kappa shape index (κ3) is 3.72. The lowest BCUT2D eigenvalue weighted by molar-refractivity contribution is 0.0994. The quantitative estimate of drug-likeness (QED) is 0.592. The van der Waals surface area contributed by atoms with E-state index in [9.17, 15) is 13.2 Å². The van der Waals surface area contributed by atoms with Crippen LogP contribution in [0.2, 0.25) is 0 Å². The van der Waals surface area contributed by atoms with Gasteiger partial charge in [-0.3, -0.25) is 4.79 Å². The summed E-state index contributed by atoms with van der Waals surface area (Å²) in [6.07, 6.45) is 1.75. The lowest BCUT2D eigenvalue weighted by Crippen LogP contribution is -2.17. The largest absolute Gasteiger partial charge is 0.312 e. The average Bonchev–Trinajstić information content (AvgIpc) is 3.00. The van der Waals surface area contributed by atoms with Gasteiger partial charge in [0.05, 0.1) is 26.4 Å². The number of aromatic nitrogens is 1. The number of carbonyl (C=O) groups is 1. The van der Waals surface area contributed by atoms with E-state index in [1.807, 2.05) is 18.4 Å². The minimum Gasteiger partial charge on any atom is -0.312 e. The standard InChI is InChI=1S/C21H22N2O3S2/c1-5-11-23-17-13-14(3)12-15(4)19(17)27-21(23)22-20(24)16-9-7-8-10-18(16)28(25,26)6-2/h5,7-10,12-13H,1,6,11H2,2-4H3. The number of carbonyl (C=O) groups excluding carboxylic acids is 1. The Balaban J connectivity index is 2.24. The van der Waals surface area contributed by atoms with Crippen molar-refractivity contribution in [3.63, 3.8) is 0 Å². The molecule has 3 rings (SSSR count). The summed E-state index contributed by atoms with van der Waals surface area (Å²) in [6.45, 7) is 9.91. The lowest BCUT2D eigenvalue weighted by atomic mass is 10.1. The van der Waals surface area contributed by atoms with E-state index in [1.165, 1.54) is 23.5 Å². The van der Waals surface area contributed by atoms with Crippen molar-refractivity contribution in [2.75, 3.05) is 5.75 Å². The van der Waals surface area contributed by atoms with Crippen molar-refractivity contribution in [3.8, 4) is 0 Å². The molecule has 5 nitrogen and oxygen atoms in total. The molecular formula is C21H22N2O3S2. The third-order valence-corrected chi connectivity index (χ3v) is 7.47. The molecule has 2 aromatic carbocycles. The van der Waals surface area contributed by atoms with Crippen molar-refractivity contribution in [3.05, 3.63) is 70.5 Å². The van der Waals surface area contributed by atoms with E-state index < -0.39 is 15.7 Å². The number of fused-ring (bicyclic) bond motifs is 1. The molecule has 1 aromatic heterocycles. The first-order valence-corrected chi connectivity index (χ1v) is 11.4. The fraction of sp³-hybridized carbons (Fsp3) is 0.238. The van der Waals surface area contributed by atoms with Crippen molar-refractivity contribution in [2.24, 2.45) is 4.99 Å². The molecule has 3 aromatic rings. The molecule has 0 saturated heterocycles. The summed E-state index contributed by atoms with van der Waals surface area (Å²) in [5.41, 5.74) is 3.32. The Labute approximate surface area is 168 Å². The molecule has 1 amide bonds. The molecule has 0 spiro atoms. The van der Waals surface area contributed by atoms with Gasteiger partial charge in [-0.1, -0.05) is 42.5 Å². The van der Waals surface area contributed by atoms with Crippen LogP contribution in [0, 0.1) is 13.8 Å². The van der Waals surface area contributed by atoms with Gasteiger partial charge in [-0.25, -0.2) is 8.42 Å². The van der Waals surface area contributed by atoms with Crippen molar-refractivity contribution in [2.45, 2.75) is 32.2 Å². The number of allylic oxidation sites excluding steroid dienone is 1. The van der Waals surface area contributed by atoms with Crippen LogP contribution in [0.5, 0.6) is 0 Å². The number of hydrogen-bond donors (Lipinski definition) is 0. The molecule has 0 unspecified atom stereocenters. The Bertz CT molecular complexity index is 1250. The van der Waals surface area contributed by atoms with Crippen LogP contribution in [0.1, 0.15) is 28.4 Å². The van der Waals surface area contributed by atoms with Gasteiger partial charge >= 0.3 is 0 Å². The van der Waals surface area contributed by atoms with Crippen LogP contribution in [-0.2, 0) is 16.4 Å². The minimum atomic E-state index is -3.52. The molecule has 0 atom stereocenters. The summed E-state index contributed by atoms with van der Waals surface area (Å²) in [4.78, 5) is 17.8. The summed E-state index contributed by atoms with van der Waals surface area (Å²) in [5.74, 6) is -0.638. The number of rotatable bonds is 5. The predicted octanol–water partition coefficient (Wildman–Crippen LogP) is 4.04. The normalized spacial score (nSPS) is 12.5. The molecule has 0 aliphatic heterocycles. The summed E-state index contributed by atoms with van der Waals surface area (Å²) in [6, 6.07) is 10.4. The molecule has 0 aliphatic rings. The number of hydrogen-bond acceptors (Lipinski definition) is 4. The first-order chi connectivity index (χ1) is 13.3. The van der Waals surface area contributed by atoms with Crippen LogP contribution in [-0.4, -0.2) is 24.6 Å². The van der Waals surface area contributed by atoms with Gasteiger partial charge in [0.15, 0.2) is 14.6 Å². The van der Waals surface area contributed by atoms with Crippen LogP contribution in [0.3, 0.4) is 0 Å². The Kier molecular flexibility index (Phi) is 5.67. The summed E-state index contributed by atoms with van der Waals surface area (Å²) in [5, 5.41) is 0. The van der Waals surface area contributed by atoms with E-state index in [1.54, 1.807) is 25.1 Å². The molecule has 0 N–H and O–H groups in total. The maximum Gasteiger partial charge on any atom is 0.280 e. The Morgan fingerprint density at radius 2 is 1.96 bits per heavy atom. The lowest BCUT2D eigenvalue weighted by Gasteiger charge is -2.06. The van der Waals surface area contributed by atoms with E-state index in [2.05, 4.69) is 23.7 Å². The first kappa shape index (κ1) is 20.2. The smallest absolute Gasteiger partial charge is 0.280 e. The molecule has 0 aliphatic carbocycles. The molecule has 1 heterocycles. The summed E-state index contributed by atoms with van der Waals surface area (Å²) >= 11 is 1.42. The number of nitrogens with zero attached hydrogens (tertiary/aromatic N) is 2. The van der Waals surface area contributed by atoms with Gasteiger partial charge in [0, 0.05) is 6.54 Å². The third-order valence-electron chi connectivity index (χ3n) is 4.46. The Hall–Kier alpha value is -2.51. The summed E-state index contributed by atoms with van der Waals surface area (Å²) in [7, 11) is -3.52. The highest BCUT2D eigenvalue weighted by Gasteiger charge is 2.20. The molecule has 0 saturated carbocycles. The zero-order valence-corrected chi connectivity index (χ0v) is 17.7. The van der Waals surface area contributed by atoms with Crippen LogP contribution in [0.15, 0.2) is 58.9 Å². The average molecular weight is 415 g/mol. The fourth-order valence-corrected chi connectivity index (χ4v) is 5.30. The molecule has 28 heavy (non-hydrogen) atoms. The SMILES string of the molecule is C=CCn1c(=NC(=O)c2ccccc2S(=O)(=O)CC)sc2c(C)cc(C)cc21. The molecule has 0 bridgehead atoms. The maximum atomic E-state index is 12.9. The van der Waals surface area contributed by atoms with E-state index >= 15 is 0 Å². The molecule has 0 fully saturated rings. The first-order valence-electron chi connectivity index (χ1n) is 8.90. The zero-order chi connectivity index (χ0) is 20.5. The van der Waals surface area contributed by atoms with Gasteiger partial charge in [-0.2, -0.15) is 4.99 Å². The van der Waals surface area contributed by atoms with E-state index in [0.29, 0.717) is 11.3 Å². The van der Waals surface area contributed by atoms with Gasteiger partial charge < -0.3 is 4.57 Å². The molecular weight excluding hydrogens is 392 g/mol. The maximum absolute atomic E-state index is 12.9. The number of thiazole rings is 1. The van der Waals surface area contributed by atoms with Crippen molar-refractivity contribution in [1.82, 2.24) is 4.57 Å². The van der Waals surface area contributed by atoms with Crippen molar-refractivity contribution in [1.29, 1.82) is 0 Å². The van der Waals surface area contributed by atoms with Crippen LogP contribution < -0.4 is 4.80 Å². The highest BCUT2D eigenvalue weighted by atomic mass is 32.2. The van der Waals surface area contributed by atoms with Gasteiger partial charge in [0.2, 0.25) is 0 Å². The van der Waals surface area contributed by atoms with E-state index in [0.717, 1.165) is 21.3 Å². The number of sulfone groups is 1. The minimum absolute atomic E-state index is 0.0228. The van der Waals surface area contributed by atoms with E-state index in [4.69, 9.17) is 0 Å². The van der Waals surface area contributed by atoms with Gasteiger partial charge in [-0.05, 0) is 43.2 Å². The second-order valence-electron chi connectivity index (χ2n) is 6.53. The number of benzene rings is 2. The van der Waals surface area contributed by atoms with E-state index in [-0.39, 0.29) is 16.2 Å². The van der Waals surface area contributed by atoms with Gasteiger partial charge in [0.25, 0.3) is 5.91 Å². The Morgan fingerprint density at radius 3 is 2.64 bits per heavy atom. The summed E-state index contributed by atoms with van der Waals surface area (Å²) < 4.78 is 27.7. The number of amides is 1. The molecule has 7 heteroatoms. The topological polar surface area (TPSA) is 68.5 Å². The van der Waals surface area contributed by atoms with Crippen LogP contribution in [0.4, 0.5) is 0 Å². The fourth-order valence-electron chi connectivity index (χ4n) is 3.12. The monoisotopic (exact) mass is 414 g/mol. The number of aryl methyl sites for hydroxylation is 2. The van der Waals surface area contributed by atoms with Gasteiger partial charge in [0.1, 0.15) is 0 Å². The zero-order valence-electron chi connectivity index (χ0n) is 16.1. The van der Waals surface area contributed by atoms with Gasteiger partial charge in [-0.15, -0.1) is 6.58 Å². The Morgan fingerprint density at radius 1 is 1.25 bits per heavy atom. The highest BCUT2D eigenvalue weighted by molar-refractivity contribution is 7.91.